The minimum Gasteiger partial charge on any atom is -0.352 e. The molecule has 0 saturated heterocycles. The van der Waals surface area contributed by atoms with Crippen LogP contribution in [0.25, 0.3) is 11.0 Å². The van der Waals surface area contributed by atoms with Crippen LogP contribution in [0.1, 0.15) is 20.8 Å². The van der Waals surface area contributed by atoms with Crippen molar-refractivity contribution < 1.29 is 4.79 Å². The lowest BCUT2D eigenvalue weighted by Crippen LogP contribution is -2.39. The molecule has 0 bridgehead atoms. The van der Waals surface area contributed by atoms with E-state index in [1.165, 1.54) is 10.8 Å². The maximum absolute atomic E-state index is 12.0. The van der Waals surface area contributed by atoms with Gasteiger partial charge in [-0.2, -0.15) is 0 Å². The van der Waals surface area contributed by atoms with Crippen molar-refractivity contribution in [3.8, 4) is 0 Å². The summed E-state index contributed by atoms with van der Waals surface area (Å²) in [4.78, 5) is 28.0. The Labute approximate surface area is 117 Å². The van der Waals surface area contributed by atoms with Crippen molar-refractivity contribution in [2.24, 2.45) is 5.92 Å². The summed E-state index contributed by atoms with van der Waals surface area (Å²) in [5.41, 5.74) is 1.11. The van der Waals surface area contributed by atoms with Gasteiger partial charge in [0.15, 0.2) is 0 Å². The fourth-order valence-corrected chi connectivity index (χ4v) is 1.89. The summed E-state index contributed by atoms with van der Waals surface area (Å²) in [6.45, 7) is 6.05. The SMILES string of the molecule is CC(C)C(C)NC(=O)Cn1c(=O)cnc2ccccc21. The van der Waals surface area contributed by atoms with Crippen LogP contribution in [-0.2, 0) is 11.3 Å². The Balaban J connectivity index is 2.27. The average Bonchev–Trinajstić information content (AvgIpc) is 2.42. The van der Waals surface area contributed by atoms with Crippen molar-refractivity contribution in [1.82, 2.24) is 14.9 Å². The van der Waals surface area contributed by atoms with Crippen LogP contribution < -0.4 is 10.9 Å². The van der Waals surface area contributed by atoms with E-state index in [1.54, 1.807) is 6.07 Å². The lowest BCUT2D eigenvalue weighted by atomic mass is 10.1. The predicted molar refractivity (Wildman–Crippen MR) is 78.4 cm³/mol. The molecule has 0 aliphatic heterocycles. The number of carbonyl (C=O) groups excluding carboxylic acids is 1. The topological polar surface area (TPSA) is 64.0 Å². The fraction of sp³-hybridized carbons (Fsp3) is 0.400. The Hall–Kier alpha value is -2.17. The number of hydrogen-bond acceptors (Lipinski definition) is 3. The van der Waals surface area contributed by atoms with Gasteiger partial charge in [0.2, 0.25) is 5.91 Å². The van der Waals surface area contributed by atoms with E-state index in [2.05, 4.69) is 10.3 Å². The molecule has 1 N–H and O–H groups in total. The summed E-state index contributed by atoms with van der Waals surface area (Å²) in [7, 11) is 0. The van der Waals surface area contributed by atoms with E-state index in [0.717, 1.165) is 0 Å². The highest BCUT2D eigenvalue weighted by Gasteiger charge is 2.13. The van der Waals surface area contributed by atoms with Crippen LogP contribution >= 0.6 is 0 Å². The van der Waals surface area contributed by atoms with E-state index in [0.29, 0.717) is 17.0 Å². The Morgan fingerprint density at radius 2 is 2.00 bits per heavy atom. The molecule has 0 fully saturated rings. The zero-order valence-electron chi connectivity index (χ0n) is 12.0. The summed E-state index contributed by atoms with van der Waals surface area (Å²) in [5.74, 6) is 0.189. The molecule has 0 spiro atoms. The van der Waals surface area contributed by atoms with Crippen molar-refractivity contribution in [3.05, 3.63) is 40.8 Å². The number of carbonyl (C=O) groups is 1. The van der Waals surface area contributed by atoms with Crippen molar-refractivity contribution in [1.29, 1.82) is 0 Å². The fourth-order valence-electron chi connectivity index (χ4n) is 1.89. The van der Waals surface area contributed by atoms with Crippen molar-refractivity contribution in [2.75, 3.05) is 0 Å². The van der Waals surface area contributed by atoms with Gasteiger partial charge in [-0.15, -0.1) is 0 Å². The Morgan fingerprint density at radius 1 is 1.30 bits per heavy atom. The molecule has 1 amide bonds. The molecular weight excluding hydrogens is 254 g/mol. The summed E-state index contributed by atoms with van der Waals surface area (Å²) in [6, 6.07) is 7.37. The molecular formula is C15H19N3O2. The van der Waals surface area contributed by atoms with Gasteiger partial charge in [-0.05, 0) is 25.0 Å². The second-order valence-corrected chi connectivity index (χ2v) is 5.27. The molecule has 0 aliphatic carbocycles. The van der Waals surface area contributed by atoms with Crippen LogP contribution in [0.4, 0.5) is 0 Å². The quantitative estimate of drug-likeness (QED) is 0.919. The zero-order valence-corrected chi connectivity index (χ0v) is 12.0. The van der Waals surface area contributed by atoms with E-state index < -0.39 is 0 Å². The second kappa shape index (κ2) is 5.86. The average molecular weight is 273 g/mol. The maximum atomic E-state index is 12.0. The van der Waals surface area contributed by atoms with Gasteiger partial charge >= 0.3 is 0 Å². The highest BCUT2D eigenvalue weighted by Crippen LogP contribution is 2.08. The molecule has 2 rings (SSSR count). The maximum Gasteiger partial charge on any atom is 0.269 e. The minimum absolute atomic E-state index is 0.0128. The molecule has 0 aliphatic rings. The molecule has 5 nitrogen and oxygen atoms in total. The Morgan fingerprint density at radius 3 is 2.70 bits per heavy atom. The summed E-state index contributed by atoms with van der Waals surface area (Å²) in [5, 5.41) is 2.90. The first kappa shape index (κ1) is 14.2. The van der Waals surface area contributed by atoms with Crippen molar-refractivity contribution in [2.45, 2.75) is 33.4 Å². The van der Waals surface area contributed by atoms with Crippen LogP contribution in [0, 0.1) is 5.92 Å². The molecule has 0 saturated carbocycles. The molecule has 1 atom stereocenters. The number of nitrogens with zero attached hydrogens (tertiary/aromatic N) is 2. The van der Waals surface area contributed by atoms with Crippen LogP contribution in [-0.4, -0.2) is 21.5 Å². The Kier molecular flexibility index (Phi) is 4.17. The number of para-hydroxylation sites is 2. The van der Waals surface area contributed by atoms with E-state index in [9.17, 15) is 9.59 Å². The lowest BCUT2D eigenvalue weighted by molar-refractivity contribution is -0.122. The lowest BCUT2D eigenvalue weighted by Gasteiger charge is -2.18. The van der Waals surface area contributed by atoms with Crippen LogP contribution in [0.2, 0.25) is 0 Å². The third kappa shape index (κ3) is 3.04. The summed E-state index contributed by atoms with van der Waals surface area (Å²) in [6.07, 6.45) is 1.25. The summed E-state index contributed by atoms with van der Waals surface area (Å²) < 4.78 is 1.45. The molecule has 0 radical (unpaired) electrons. The second-order valence-electron chi connectivity index (χ2n) is 5.27. The molecule has 20 heavy (non-hydrogen) atoms. The van der Waals surface area contributed by atoms with E-state index in [4.69, 9.17) is 0 Å². The van der Waals surface area contributed by atoms with Gasteiger partial charge in [0, 0.05) is 6.04 Å². The molecule has 1 heterocycles. The third-order valence-corrected chi connectivity index (χ3v) is 3.44. The minimum atomic E-state index is -0.268. The number of amides is 1. The van der Waals surface area contributed by atoms with Crippen molar-refractivity contribution in [3.63, 3.8) is 0 Å². The highest BCUT2D eigenvalue weighted by atomic mass is 16.2. The zero-order chi connectivity index (χ0) is 14.7. The molecule has 106 valence electrons. The third-order valence-electron chi connectivity index (χ3n) is 3.44. The Bertz CT molecular complexity index is 676. The van der Waals surface area contributed by atoms with Crippen molar-refractivity contribution >= 4 is 16.9 Å². The van der Waals surface area contributed by atoms with Crippen LogP contribution in [0.15, 0.2) is 35.3 Å². The summed E-state index contributed by atoms with van der Waals surface area (Å²) >= 11 is 0. The first-order chi connectivity index (χ1) is 9.49. The number of hydrogen-bond donors (Lipinski definition) is 1. The van der Waals surface area contributed by atoms with Gasteiger partial charge < -0.3 is 5.32 Å². The largest absolute Gasteiger partial charge is 0.352 e. The normalized spacial score (nSPS) is 12.6. The number of rotatable bonds is 4. The van der Waals surface area contributed by atoms with Gasteiger partial charge in [-0.1, -0.05) is 26.0 Å². The van der Waals surface area contributed by atoms with E-state index in [-0.39, 0.29) is 24.1 Å². The molecule has 1 aromatic heterocycles. The number of benzene rings is 1. The molecule has 1 unspecified atom stereocenters. The smallest absolute Gasteiger partial charge is 0.269 e. The van der Waals surface area contributed by atoms with Gasteiger partial charge in [-0.3, -0.25) is 14.2 Å². The van der Waals surface area contributed by atoms with Gasteiger partial charge in [0.05, 0.1) is 17.2 Å². The predicted octanol–water partition coefficient (Wildman–Crippen LogP) is 1.56. The number of nitrogens with one attached hydrogen (secondary N) is 1. The van der Waals surface area contributed by atoms with Crippen LogP contribution in [0.3, 0.4) is 0 Å². The van der Waals surface area contributed by atoms with Crippen LogP contribution in [0.5, 0.6) is 0 Å². The van der Waals surface area contributed by atoms with Gasteiger partial charge in [-0.25, -0.2) is 4.98 Å². The first-order valence-electron chi connectivity index (χ1n) is 6.73. The highest BCUT2D eigenvalue weighted by molar-refractivity contribution is 5.80. The number of fused-ring (bicyclic) bond motifs is 1. The molecule has 5 heteroatoms. The molecule has 1 aromatic carbocycles. The monoisotopic (exact) mass is 273 g/mol. The standard InChI is InChI=1S/C15H19N3O2/c1-10(2)11(3)17-14(19)9-18-13-7-5-4-6-12(13)16-8-15(18)20/h4-8,10-11H,9H2,1-3H3,(H,17,19). The molecule has 2 aromatic rings. The van der Waals surface area contributed by atoms with E-state index in [1.807, 2.05) is 39.0 Å². The first-order valence-corrected chi connectivity index (χ1v) is 6.73. The van der Waals surface area contributed by atoms with E-state index >= 15 is 0 Å². The van der Waals surface area contributed by atoms with Gasteiger partial charge in [0.25, 0.3) is 5.56 Å². The van der Waals surface area contributed by atoms with Gasteiger partial charge in [0.1, 0.15) is 6.54 Å². The number of aromatic nitrogens is 2.